The Morgan fingerprint density at radius 3 is 2.00 bits per heavy atom. The Hall–Kier alpha value is -0.0200. The summed E-state index contributed by atoms with van der Waals surface area (Å²) in [6.07, 6.45) is -5.88. The molecular weight excluding hydrogens is 387 g/mol. The molecule has 1 heterocycles. The van der Waals surface area contributed by atoms with Gasteiger partial charge in [-0.1, -0.05) is 0 Å². The first-order valence-electron chi connectivity index (χ1n) is 3.51. The summed E-state index contributed by atoms with van der Waals surface area (Å²) in [5, 5.41) is 0. The summed E-state index contributed by atoms with van der Waals surface area (Å²) in [6.45, 7) is 0. The van der Waals surface area contributed by atoms with E-state index in [1.807, 2.05) is 0 Å². The molecule has 16 heavy (non-hydrogen) atoms. The monoisotopic (exact) mass is 386 g/mol. The van der Waals surface area contributed by atoms with Gasteiger partial charge in [0, 0.05) is 4.47 Å². The van der Waals surface area contributed by atoms with Gasteiger partial charge in [0.25, 0.3) is 5.78 Å². The summed E-state index contributed by atoms with van der Waals surface area (Å²) in [7, 11) is 0. The van der Waals surface area contributed by atoms with Crippen molar-refractivity contribution in [2.24, 2.45) is 0 Å². The van der Waals surface area contributed by atoms with E-state index < -0.39 is 22.8 Å². The second-order valence-electron chi connectivity index (χ2n) is 2.63. The normalized spacial score (nSPS) is 12.9. The molecule has 0 radical (unpaired) electrons. The highest BCUT2D eigenvalue weighted by molar-refractivity contribution is 9.13. The number of carbonyl (C=O) groups excluding carboxylic acids is 1. The minimum atomic E-state index is -5.88. The van der Waals surface area contributed by atoms with Crippen molar-refractivity contribution in [2.45, 2.75) is 12.1 Å². The maximum atomic E-state index is 12.7. The molecule has 0 saturated heterocycles. The lowest BCUT2D eigenvalue weighted by Gasteiger charge is -2.16. The molecule has 0 aromatic carbocycles. The number of hydrogen-bond donors (Lipinski definition) is 0. The number of ketones is 1. The van der Waals surface area contributed by atoms with Crippen molar-refractivity contribution in [3.8, 4) is 0 Å². The zero-order valence-electron chi connectivity index (χ0n) is 7.04. The molecule has 0 spiro atoms. The quantitative estimate of drug-likeness (QED) is 0.533. The third-order valence-corrected chi connectivity index (χ3v) is 4.77. The summed E-state index contributed by atoms with van der Waals surface area (Å²) < 4.78 is 61.5. The predicted molar refractivity (Wildman–Crippen MR) is 55.1 cm³/mol. The van der Waals surface area contributed by atoms with E-state index in [-0.39, 0.29) is 8.26 Å². The van der Waals surface area contributed by atoms with Crippen LogP contribution in [0.5, 0.6) is 0 Å². The molecule has 0 bridgehead atoms. The van der Waals surface area contributed by atoms with Gasteiger partial charge in [0.1, 0.15) is 0 Å². The number of thiophene rings is 1. The second-order valence-corrected chi connectivity index (χ2v) is 5.86. The van der Waals surface area contributed by atoms with Crippen molar-refractivity contribution in [2.75, 3.05) is 0 Å². The molecule has 0 saturated carbocycles. The van der Waals surface area contributed by atoms with Crippen molar-refractivity contribution in [3.63, 3.8) is 0 Å². The van der Waals surface area contributed by atoms with Gasteiger partial charge in [0.2, 0.25) is 0 Å². The number of alkyl halides is 5. The van der Waals surface area contributed by atoms with Crippen LogP contribution in [0.3, 0.4) is 0 Å². The summed E-state index contributed by atoms with van der Waals surface area (Å²) in [5.74, 6) is -7.62. The van der Waals surface area contributed by atoms with E-state index >= 15 is 0 Å². The van der Waals surface area contributed by atoms with Crippen LogP contribution in [-0.4, -0.2) is 17.9 Å². The minimum absolute atomic E-state index is 0.249. The number of Topliss-reactive ketones (excluding diaryl/α,β-unsaturated/α-hetero) is 1. The van der Waals surface area contributed by atoms with E-state index in [0.717, 1.165) is 6.07 Å². The van der Waals surface area contributed by atoms with Gasteiger partial charge in [-0.3, -0.25) is 4.79 Å². The van der Waals surface area contributed by atoms with Crippen LogP contribution < -0.4 is 0 Å². The zero-order valence-corrected chi connectivity index (χ0v) is 11.0. The van der Waals surface area contributed by atoms with Gasteiger partial charge < -0.3 is 0 Å². The van der Waals surface area contributed by atoms with E-state index in [0.29, 0.717) is 11.3 Å². The van der Waals surface area contributed by atoms with Crippen molar-refractivity contribution in [3.05, 3.63) is 19.2 Å². The fourth-order valence-electron chi connectivity index (χ4n) is 0.742. The molecule has 0 unspecified atom stereocenters. The smallest absolute Gasteiger partial charge is 0.286 e. The van der Waals surface area contributed by atoms with E-state index in [1.54, 1.807) is 0 Å². The van der Waals surface area contributed by atoms with Gasteiger partial charge in [-0.15, -0.1) is 11.3 Å². The molecule has 0 N–H and O–H groups in total. The Kier molecular flexibility index (Phi) is 3.81. The molecule has 1 aromatic heterocycles. The molecule has 90 valence electrons. The van der Waals surface area contributed by atoms with Crippen LogP contribution in [0.4, 0.5) is 22.0 Å². The van der Waals surface area contributed by atoms with Crippen molar-refractivity contribution < 1.29 is 26.7 Å². The number of hydrogen-bond acceptors (Lipinski definition) is 2. The fourth-order valence-corrected chi connectivity index (χ4v) is 2.75. The minimum Gasteiger partial charge on any atom is -0.286 e. The van der Waals surface area contributed by atoms with Gasteiger partial charge in [0.05, 0.1) is 8.66 Å². The van der Waals surface area contributed by atoms with Crippen molar-refractivity contribution in [1.29, 1.82) is 0 Å². The van der Waals surface area contributed by atoms with Crippen LogP contribution in [-0.2, 0) is 0 Å². The lowest BCUT2D eigenvalue weighted by Crippen LogP contribution is -2.43. The molecule has 1 rings (SSSR count). The van der Waals surface area contributed by atoms with Crippen LogP contribution in [0.1, 0.15) is 9.67 Å². The van der Waals surface area contributed by atoms with Gasteiger partial charge >= 0.3 is 12.1 Å². The summed E-state index contributed by atoms with van der Waals surface area (Å²) in [6, 6.07) is 0.913. The zero-order chi connectivity index (χ0) is 12.7. The molecule has 0 atom stereocenters. The molecule has 1 nitrogen and oxygen atoms in total. The number of rotatable bonds is 2. The molecular formula is C7HBr2F5OS. The van der Waals surface area contributed by atoms with Gasteiger partial charge in [-0.25, -0.2) is 0 Å². The fraction of sp³-hybridized carbons (Fsp3) is 0.286. The predicted octanol–water partition coefficient (Wildman–Crippen LogP) is 4.65. The summed E-state index contributed by atoms with van der Waals surface area (Å²) in [4.78, 5) is 10.3. The molecule has 1 aromatic rings. The molecule has 0 aliphatic carbocycles. The standard InChI is InChI=1S/C7HBr2F5OS/c8-2-1-3(16-5(2)9)4(15)6(10,11)7(12,13)14/h1H. The lowest BCUT2D eigenvalue weighted by atomic mass is 10.2. The van der Waals surface area contributed by atoms with E-state index in [9.17, 15) is 26.7 Å². The average molecular weight is 388 g/mol. The first kappa shape index (κ1) is 14.0. The van der Waals surface area contributed by atoms with Crippen LogP contribution in [0, 0.1) is 0 Å². The molecule has 0 fully saturated rings. The summed E-state index contributed by atoms with van der Waals surface area (Å²) in [5.41, 5.74) is 0. The third kappa shape index (κ3) is 2.45. The molecule has 0 amide bonds. The highest BCUT2D eigenvalue weighted by Crippen LogP contribution is 2.41. The largest absolute Gasteiger partial charge is 0.461 e. The second kappa shape index (κ2) is 4.34. The topological polar surface area (TPSA) is 17.1 Å². The molecule has 9 heteroatoms. The van der Waals surface area contributed by atoms with Crippen LogP contribution in [0.25, 0.3) is 0 Å². The Labute approximate surface area is 107 Å². The van der Waals surface area contributed by atoms with Crippen molar-refractivity contribution >= 4 is 49.0 Å². The van der Waals surface area contributed by atoms with Crippen LogP contribution in [0.2, 0.25) is 0 Å². The Morgan fingerprint density at radius 2 is 1.69 bits per heavy atom. The lowest BCUT2D eigenvalue weighted by molar-refractivity contribution is -0.255. The number of halogens is 7. The maximum absolute atomic E-state index is 12.7. The number of carbonyl (C=O) groups is 1. The van der Waals surface area contributed by atoms with Crippen LogP contribution >= 0.6 is 43.2 Å². The Bertz CT molecular complexity index is 405. The Balaban J connectivity index is 3.12. The summed E-state index contributed by atoms with van der Waals surface area (Å²) >= 11 is 6.29. The SMILES string of the molecule is O=C(c1cc(Br)c(Br)s1)C(F)(F)C(F)(F)F. The Morgan fingerprint density at radius 1 is 1.19 bits per heavy atom. The van der Waals surface area contributed by atoms with Crippen molar-refractivity contribution in [1.82, 2.24) is 0 Å². The molecule has 0 aliphatic rings. The van der Waals surface area contributed by atoms with E-state index in [4.69, 9.17) is 0 Å². The maximum Gasteiger partial charge on any atom is 0.461 e. The first-order chi connectivity index (χ1) is 7.07. The average Bonchev–Trinajstić information content (AvgIpc) is 2.43. The van der Waals surface area contributed by atoms with Gasteiger partial charge in [0.15, 0.2) is 0 Å². The van der Waals surface area contributed by atoms with E-state index in [1.165, 1.54) is 0 Å². The first-order valence-corrected chi connectivity index (χ1v) is 5.92. The van der Waals surface area contributed by atoms with Crippen LogP contribution in [0.15, 0.2) is 14.3 Å². The molecule has 0 aliphatic heterocycles. The van der Waals surface area contributed by atoms with E-state index in [2.05, 4.69) is 31.9 Å². The van der Waals surface area contributed by atoms with Gasteiger partial charge in [-0.05, 0) is 37.9 Å². The highest BCUT2D eigenvalue weighted by Gasteiger charge is 2.63. The third-order valence-electron chi connectivity index (χ3n) is 1.51. The van der Waals surface area contributed by atoms with Gasteiger partial charge in [-0.2, -0.15) is 22.0 Å². The highest BCUT2D eigenvalue weighted by atomic mass is 79.9.